The number of benzene rings is 2. The fourth-order valence-corrected chi connectivity index (χ4v) is 7.00. The van der Waals surface area contributed by atoms with Crippen LogP contribution in [0.15, 0.2) is 60.7 Å². The summed E-state index contributed by atoms with van der Waals surface area (Å²) in [4.78, 5) is 84.8. The summed E-state index contributed by atoms with van der Waals surface area (Å²) in [7, 11) is 0. The molecule has 5 atom stereocenters. The minimum atomic E-state index is -1.21. The van der Waals surface area contributed by atoms with Crippen LogP contribution in [0.3, 0.4) is 0 Å². The molecule has 0 radical (unpaired) electrons. The van der Waals surface area contributed by atoms with Crippen molar-refractivity contribution >= 4 is 35.8 Å². The van der Waals surface area contributed by atoms with E-state index in [1.807, 2.05) is 44.2 Å². The first-order valence-corrected chi connectivity index (χ1v) is 21.1. The van der Waals surface area contributed by atoms with Gasteiger partial charge in [-0.1, -0.05) is 74.5 Å². The Hall–Kier alpha value is -5.18. The first-order chi connectivity index (χ1) is 28.3. The quantitative estimate of drug-likeness (QED) is 0.147. The van der Waals surface area contributed by atoms with E-state index in [1.165, 1.54) is 4.90 Å². The van der Waals surface area contributed by atoms with Gasteiger partial charge in [0.1, 0.15) is 35.9 Å². The maximum absolute atomic E-state index is 14.3. The normalized spacial score (nSPS) is 18.0. The molecule has 2 aliphatic rings. The van der Waals surface area contributed by atoms with Gasteiger partial charge in [0, 0.05) is 31.6 Å². The van der Waals surface area contributed by atoms with Gasteiger partial charge in [-0.2, -0.15) is 0 Å². The minimum Gasteiger partial charge on any atom is -0.444 e. The molecule has 0 aromatic heterocycles. The van der Waals surface area contributed by atoms with Crippen LogP contribution in [-0.2, 0) is 33.4 Å². The molecule has 2 aromatic carbocycles. The van der Waals surface area contributed by atoms with Gasteiger partial charge in [-0.15, -0.1) is 0 Å². The second-order valence-corrected chi connectivity index (χ2v) is 18.0. The molecule has 1 saturated heterocycles. The summed E-state index contributed by atoms with van der Waals surface area (Å²) in [5.41, 5.74) is 0.0953. The van der Waals surface area contributed by atoms with Gasteiger partial charge in [0.15, 0.2) is 0 Å². The number of rotatable bonds is 18. The summed E-state index contributed by atoms with van der Waals surface area (Å²) in [6.45, 7) is 16.0. The van der Waals surface area contributed by atoms with E-state index in [4.69, 9.17) is 14.2 Å². The van der Waals surface area contributed by atoms with E-state index >= 15 is 0 Å². The van der Waals surface area contributed by atoms with Crippen LogP contribution in [0.4, 0.5) is 9.59 Å². The molecule has 15 heteroatoms. The number of hydrogen-bond acceptors (Lipinski definition) is 9. The summed E-state index contributed by atoms with van der Waals surface area (Å²) in [5.74, 6) is -2.00. The van der Waals surface area contributed by atoms with Gasteiger partial charge in [-0.05, 0) is 90.7 Å². The number of amides is 6. The molecule has 0 unspecified atom stereocenters. The third-order valence-electron chi connectivity index (χ3n) is 9.89. The Morgan fingerprint density at radius 3 is 1.98 bits per heavy atom. The monoisotopic (exact) mass is 834 g/mol. The predicted octanol–water partition coefficient (Wildman–Crippen LogP) is 5.21. The largest absolute Gasteiger partial charge is 0.444 e. The number of nitrogens with zero attached hydrogens (tertiary/aromatic N) is 2. The predicted molar refractivity (Wildman–Crippen MR) is 227 cm³/mol. The fourth-order valence-electron chi connectivity index (χ4n) is 7.00. The number of unbranched alkanes of at least 4 members (excludes halogenated alkanes) is 1. The molecule has 1 saturated carbocycles. The average molecular weight is 835 g/mol. The van der Waals surface area contributed by atoms with E-state index < -0.39 is 59.2 Å². The van der Waals surface area contributed by atoms with Gasteiger partial charge in [-0.25, -0.2) is 9.59 Å². The minimum absolute atomic E-state index is 0.0305. The molecule has 1 aliphatic carbocycles. The highest BCUT2D eigenvalue weighted by Gasteiger charge is 2.47. The standard InChI is InChI=1S/C45H66N6O9/c1-30(2)27-35(39(53)47-34(41(55)50-23-25-58-26-24-50)21-15-16-22-46-42(56)59-44(3,4)5)48-40(54)38(32-19-13-10-14-20-32)49-37(52)29-51(43(57)60-45(6,7)8)36-28-33(36)31-17-11-9-12-18-31/h9-14,17-20,30,33-36,38H,15-16,21-29H2,1-8H3,(H,46,56)(H,47,53)(H,48,54)(H,49,52)/t33-,34-,35-,36+,38-/m1/s1. The maximum Gasteiger partial charge on any atom is 0.411 e. The molecule has 1 heterocycles. The Balaban J connectivity index is 1.49. The fraction of sp³-hybridized carbons (Fsp3) is 0.600. The summed E-state index contributed by atoms with van der Waals surface area (Å²) in [6, 6.07) is 15.0. The number of alkyl carbamates (subject to hydrolysis) is 1. The van der Waals surface area contributed by atoms with Crippen molar-refractivity contribution in [3.63, 3.8) is 0 Å². The molecule has 4 rings (SSSR count). The van der Waals surface area contributed by atoms with Crippen molar-refractivity contribution in [3.8, 4) is 0 Å². The van der Waals surface area contributed by atoms with Gasteiger partial charge >= 0.3 is 12.2 Å². The molecule has 4 N–H and O–H groups in total. The highest BCUT2D eigenvalue weighted by molar-refractivity contribution is 5.95. The topological polar surface area (TPSA) is 185 Å². The maximum atomic E-state index is 14.3. The van der Waals surface area contributed by atoms with Crippen LogP contribution in [0.25, 0.3) is 0 Å². The second-order valence-electron chi connectivity index (χ2n) is 18.0. The number of ether oxygens (including phenoxy) is 3. The highest BCUT2D eigenvalue weighted by Crippen LogP contribution is 2.45. The Bertz CT molecular complexity index is 1740. The van der Waals surface area contributed by atoms with Crippen LogP contribution in [-0.4, -0.2) is 114 Å². The Morgan fingerprint density at radius 1 is 0.783 bits per heavy atom. The van der Waals surface area contributed by atoms with Crippen LogP contribution >= 0.6 is 0 Å². The second kappa shape index (κ2) is 21.9. The van der Waals surface area contributed by atoms with Gasteiger partial charge < -0.3 is 40.4 Å². The number of morpholine rings is 1. The molecule has 6 amide bonds. The van der Waals surface area contributed by atoms with Gasteiger partial charge in [0.2, 0.25) is 23.6 Å². The lowest BCUT2D eigenvalue weighted by Crippen LogP contribution is -2.57. The van der Waals surface area contributed by atoms with Crippen molar-refractivity contribution in [2.45, 2.75) is 129 Å². The number of hydrogen-bond donors (Lipinski definition) is 4. The first-order valence-electron chi connectivity index (χ1n) is 21.1. The van der Waals surface area contributed by atoms with E-state index in [0.29, 0.717) is 64.1 Å². The molecule has 2 fully saturated rings. The van der Waals surface area contributed by atoms with E-state index in [0.717, 1.165) is 5.56 Å². The van der Waals surface area contributed by atoms with Crippen molar-refractivity contribution in [3.05, 3.63) is 71.8 Å². The van der Waals surface area contributed by atoms with E-state index in [1.54, 1.807) is 76.8 Å². The van der Waals surface area contributed by atoms with Crippen molar-refractivity contribution < 1.29 is 43.0 Å². The number of carbonyl (C=O) groups is 6. The zero-order chi connectivity index (χ0) is 44.0. The van der Waals surface area contributed by atoms with Crippen molar-refractivity contribution in [2.75, 3.05) is 39.4 Å². The summed E-state index contributed by atoms with van der Waals surface area (Å²) < 4.78 is 16.5. The van der Waals surface area contributed by atoms with Crippen LogP contribution in [0.1, 0.15) is 111 Å². The lowest BCUT2D eigenvalue weighted by atomic mass is 10.00. The van der Waals surface area contributed by atoms with Gasteiger partial charge in [0.25, 0.3) is 0 Å². The Labute approximate surface area is 355 Å². The van der Waals surface area contributed by atoms with E-state index in [-0.39, 0.29) is 36.8 Å². The zero-order valence-electron chi connectivity index (χ0n) is 36.6. The lowest BCUT2D eigenvalue weighted by Gasteiger charge is -2.32. The molecule has 1 aliphatic heterocycles. The Kier molecular flexibility index (Phi) is 17.3. The number of nitrogens with one attached hydrogen (secondary N) is 4. The molecule has 330 valence electrons. The average Bonchev–Trinajstić information content (AvgIpc) is 3.98. The number of carbonyl (C=O) groups excluding carboxylic acids is 6. The summed E-state index contributed by atoms with van der Waals surface area (Å²) in [6.07, 6.45) is 1.08. The summed E-state index contributed by atoms with van der Waals surface area (Å²) >= 11 is 0. The zero-order valence-corrected chi connectivity index (χ0v) is 36.6. The highest BCUT2D eigenvalue weighted by atomic mass is 16.6. The summed E-state index contributed by atoms with van der Waals surface area (Å²) in [5, 5.41) is 11.4. The first kappa shape index (κ1) is 47.5. The van der Waals surface area contributed by atoms with Gasteiger partial charge in [0.05, 0.1) is 13.2 Å². The smallest absolute Gasteiger partial charge is 0.411 e. The Morgan fingerprint density at radius 2 is 1.38 bits per heavy atom. The van der Waals surface area contributed by atoms with Crippen molar-refractivity contribution in [1.82, 2.24) is 31.1 Å². The van der Waals surface area contributed by atoms with Crippen molar-refractivity contribution in [2.24, 2.45) is 5.92 Å². The van der Waals surface area contributed by atoms with Gasteiger partial charge in [-0.3, -0.25) is 24.1 Å². The molecular formula is C45H66N6O9. The molecular weight excluding hydrogens is 769 g/mol. The van der Waals surface area contributed by atoms with E-state index in [9.17, 15) is 28.8 Å². The van der Waals surface area contributed by atoms with Crippen molar-refractivity contribution in [1.29, 1.82) is 0 Å². The van der Waals surface area contributed by atoms with Crippen LogP contribution < -0.4 is 21.3 Å². The molecule has 2 aromatic rings. The SMILES string of the molecule is CC(C)C[C@@H](NC(=O)[C@H](NC(=O)CN(C(=O)OC(C)(C)C)[C@H]1C[C@@H]1c1ccccc1)c1ccccc1)C(=O)N[C@H](CCCCNC(=O)OC(C)(C)C)C(=O)N1CCOCC1. The lowest BCUT2D eigenvalue weighted by molar-refractivity contribution is -0.141. The third-order valence-corrected chi connectivity index (χ3v) is 9.89. The molecule has 60 heavy (non-hydrogen) atoms. The van der Waals surface area contributed by atoms with Crippen LogP contribution in [0.2, 0.25) is 0 Å². The molecule has 0 bridgehead atoms. The molecule has 0 spiro atoms. The van der Waals surface area contributed by atoms with Crippen LogP contribution in [0.5, 0.6) is 0 Å². The van der Waals surface area contributed by atoms with Crippen LogP contribution in [0, 0.1) is 5.92 Å². The molecule has 15 nitrogen and oxygen atoms in total. The third kappa shape index (κ3) is 15.8. The van der Waals surface area contributed by atoms with E-state index in [2.05, 4.69) is 21.3 Å².